The van der Waals surface area contributed by atoms with Crippen LogP contribution in [0.2, 0.25) is 0 Å². The predicted octanol–water partition coefficient (Wildman–Crippen LogP) is 1.69. The lowest BCUT2D eigenvalue weighted by molar-refractivity contribution is -0.693. The SMILES string of the molecule is O[C@@H](C[NH2+]C1CCCC1)COc1ccccc1Br. The van der Waals surface area contributed by atoms with Crippen molar-refractivity contribution in [2.24, 2.45) is 0 Å². The largest absolute Gasteiger partial charge is 0.489 e. The fraction of sp³-hybridized carbons (Fsp3) is 0.571. The fourth-order valence-electron chi connectivity index (χ4n) is 2.36. The first-order valence-corrected chi connectivity index (χ1v) is 7.43. The number of quaternary nitrogens is 1. The number of ether oxygens (including phenoxy) is 1. The van der Waals surface area contributed by atoms with E-state index in [4.69, 9.17) is 4.74 Å². The van der Waals surface area contributed by atoms with E-state index in [0.29, 0.717) is 12.6 Å². The van der Waals surface area contributed by atoms with Gasteiger partial charge in [-0.1, -0.05) is 12.1 Å². The molecular formula is C14H21BrNO2+. The van der Waals surface area contributed by atoms with Crippen molar-refractivity contribution in [3.63, 3.8) is 0 Å². The molecule has 0 bridgehead atoms. The fourth-order valence-corrected chi connectivity index (χ4v) is 2.76. The van der Waals surface area contributed by atoms with E-state index in [2.05, 4.69) is 21.2 Å². The van der Waals surface area contributed by atoms with Gasteiger partial charge in [0.1, 0.15) is 25.0 Å². The molecule has 1 atom stereocenters. The molecular weight excluding hydrogens is 294 g/mol. The molecule has 0 spiro atoms. The Hall–Kier alpha value is -0.580. The van der Waals surface area contributed by atoms with Crippen molar-refractivity contribution >= 4 is 15.9 Å². The van der Waals surface area contributed by atoms with Gasteiger partial charge in [-0.3, -0.25) is 0 Å². The first-order valence-electron chi connectivity index (χ1n) is 6.64. The quantitative estimate of drug-likeness (QED) is 0.839. The molecule has 0 amide bonds. The van der Waals surface area contributed by atoms with Crippen LogP contribution in [0.25, 0.3) is 0 Å². The Labute approximate surface area is 117 Å². The molecule has 1 aromatic rings. The molecule has 2 rings (SSSR count). The summed E-state index contributed by atoms with van der Waals surface area (Å²) in [4.78, 5) is 0. The van der Waals surface area contributed by atoms with E-state index in [-0.39, 0.29) is 0 Å². The summed E-state index contributed by atoms with van der Waals surface area (Å²) in [7, 11) is 0. The maximum absolute atomic E-state index is 9.89. The third-order valence-corrected chi connectivity index (χ3v) is 4.06. The number of aliphatic hydroxyl groups is 1. The Bertz CT molecular complexity index is 367. The molecule has 0 heterocycles. The lowest BCUT2D eigenvalue weighted by atomic mass is 10.2. The van der Waals surface area contributed by atoms with Gasteiger partial charge in [0, 0.05) is 0 Å². The summed E-state index contributed by atoms with van der Waals surface area (Å²) in [5.74, 6) is 0.789. The molecule has 0 aromatic heterocycles. The first kappa shape index (κ1) is 13.8. The maximum atomic E-state index is 9.89. The normalized spacial score (nSPS) is 17.9. The number of hydrogen-bond donors (Lipinski definition) is 2. The molecule has 1 fully saturated rings. The Morgan fingerprint density at radius 3 is 2.78 bits per heavy atom. The van der Waals surface area contributed by atoms with Crippen molar-refractivity contribution in [3.8, 4) is 5.75 Å². The summed E-state index contributed by atoms with van der Waals surface area (Å²) in [5, 5.41) is 12.2. The molecule has 4 heteroatoms. The third-order valence-electron chi connectivity index (χ3n) is 3.41. The first-order chi connectivity index (χ1) is 8.75. The van der Waals surface area contributed by atoms with Crippen LogP contribution in [-0.4, -0.2) is 30.4 Å². The molecule has 1 aromatic carbocycles. The Morgan fingerprint density at radius 1 is 1.33 bits per heavy atom. The summed E-state index contributed by atoms with van der Waals surface area (Å²) < 4.78 is 6.52. The molecule has 3 nitrogen and oxygen atoms in total. The van der Waals surface area contributed by atoms with Crippen LogP contribution in [0, 0.1) is 0 Å². The zero-order valence-electron chi connectivity index (χ0n) is 10.5. The second-order valence-corrected chi connectivity index (χ2v) is 5.77. The molecule has 0 radical (unpaired) electrons. The molecule has 0 unspecified atom stereocenters. The third kappa shape index (κ3) is 4.26. The Morgan fingerprint density at radius 2 is 2.06 bits per heavy atom. The van der Waals surface area contributed by atoms with Crippen molar-refractivity contribution in [2.45, 2.75) is 37.8 Å². The zero-order chi connectivity index (χ0) is 12.8. The van der Waals surface area contributed by atoms with Crippen molar-refractivity contribution in [2.75, 3.05) is 13.2 Å². The highest BCUT2D eigenvalue weighted by Gasteiger charge is 2.19. The summed E-state index contributed by atoms with van der Waals surface area (Å²) in [6.45, 7) is 1.08. The van der Waals surface area contributed by atoms with Gasteiger partial charge in [-0.25, -0.2) is 0 Å². The molecule has 18 heavy (non-hydrogen) atoms. The van der Waals surface area contributed by atoms with Crippen LogP contribution in [0.1, 0.15) is 25.7 Å². The van der Waals surface area contributed by atoms with E-state index in [1.807, 2.05) is 24.3 Å². The van der Waals surface area contributed by atoms with Crippen LogP contribution >= 0.6 is 15.9 Å². The highest BCUT2D eigenvalue weighted by atomic mass is 79.9. The van der Waals surface area contributed by atoms with E-state index in [1.54, 1.807) is 0 Å². The maximum Gasteiger partial charge on any atom is 0.137 e. The monoisotopic (exact) mass is 314 g/mol. The van der Waals surface area contributed by atoms with Crippen LogP contribution in [0.15, 0.2) is 28.7 Å². The summed E-state index contributed by atoms with van der Waals surface area (Å²) in [5.41, 5.74) is 0. The van der Waals surface area contributed by atoms with Gasteiger partial charge in [-0.05, 0) is 53.7 Å². The smallest absolute Gasteiger partial charge is 0.137 e. The number of rotatable bonds is 6. The van der Waals surface area contributed by atoms with E-state index in [0.717, 1.165) is 16.8 Å². The number of benzene rings is 1. The van der Waals surface area contributed by atoms with Gasteiger partial charge in [0.25, 0.3) is 0 Å². The minimum Gasteiger partial charge on any atom is -0.489 e. The van der Waals surface area contributed by atoms with Gasteiger partial charge >= 0.3 is 0 Å². The van der Waals surface area contributed by atoms with Crippen LogP contribution in [0.5, 0.6) is 5.75 Å². The molecule has 100 valence electrons. The number of nitrogens with two attached hydrogens (primary N) is 1. The summed E-state index contributed by atoms with van der Waals surface area (Å²) in [6.07, 6.45) is 4.85. The highest BCUT2D eigenvalue weighted by Crippen LogP contribution is 2.23. The van der Waals surface area contributed by atoms with E-state index < -0.39 is 6.10 Å². The van der Waals surface area contributed by atoms with Crippen molar-refractivity contribution in [3.05, 3.63) is 28.7 Å². The minimum atomic E-state index is -0.405. The zero-order valence-corrected chi connectivity index (χ0v) is 12.1. The second-order valence-electron chi connectivity index (χ2n) is 4.91. The van der Waals surface area contributed by atoms with Gasteiger partial charge in [-0.15, -0.1) is 0 Å². The lowest BCUT2D eigenvalue weighted by Gasteiger charge is -2.14. The molecule has 1 aliphatic carbocycles. The molecule has 1 aliphatic rings. The Balaban J connectivity index is 1.68. The topological polar surface area (TPSA) is 46.1 Å². The van der Waals surface area contributed by atoms with E-state index in [1.165, 1.54) is 25.7 Å². The lowest BCUT2D eigenvalue weighted by Crippen LogP contribution is -2.91. The van der Waals surface area contributed by atoms with Crippen molar-refractivity contribution in [1.29, 1.82) is 0 Å². The van der Waals surface area contributed by atoms with Crippen LogP contribution in [0.3, 0.4) is 0 Å². The molecule has 0 saturated heterocycles. The summed E-state index contributed by atoms with van der Waals surface area (Å²) >= 11 is 3.42. The predicted molar refractivity (Wildman–Crippen MR) is 74.7 cm³/mol. The number of hydrogen-bond acceptors (Lipinski definition) is 2. The standard InChI is InChI=1S/C14H20BrNO2/c15-13-7-3-4-8-14(13)18-10-12(17)9-16-11-5-1-2-6-11/h3-4,7-8,11-12,16-17H,1-2,5-6,9-10H2/p+1/t12-/m0/s1. The highest BCUT2D eigenvalue weighted by molar-refractivity contribution is 9.10. The minimum absolute atomic E-state index is 0.353. The molecule has 0 aliphatic heterocycles. The van der Waals surface area contributed by atoms with Gasteiger partial charge in [0.2, 0.25) is 0 Å². The van der Waals surface area contributed by atoms with E-state index in [9.17, 15) is 5.11 Å². The molecule has 3 N–H and O–H groups in total. The van der Waals surface area contributed by atoms with Gasteiger partial charge in [-0.2, -0.15) is 0 Å². The number of halogens is 1. The van der Waals surface area contributed by atoms with Crippen LogP contribution < -0.4 is 10.1 Å². The number of para-hydroxylation sites is 1. The van der Waals surface area contributed by atoms with Gasteiger partial charge in [0.05, 0.1) is 10.5 Å². The summed E-state index contributed by atoms with van der Waals surface area (Å²) in [6, 6.07) is 8.42. The average molecular weight is 315 g/mol. The molecule has 1 saturated carbocycles. The Kier molecular flexibility index (Phi) is 5.47. The number of aliphatic hydroxyl groups excluding tert-OH is 1. The van der Waals surface area contributed by atoms with Crippen molar-refractivity contribution < 1.29 is 15.2 Å². The van der Waals surface area contributed by atoms with Gasteiger partial charge < -0.3 is 15.2 Å². The average Bonchev–Trinajstić information content (AvgIpc) is 2.88. The van der Waals surface area contributed by atoms with Crippen LogP contribution in [-0.2, 0) is 0 Å². The van der Waals surface area contributed by atoms with Gasteiger partial charge in [0.15, 0.2) is 0 Å². The van der Waals surface area contributed by atoms with Crippen molar-refractivity contribution in [1.82, 2.24) is 0 Å². The van der Waals surface area contributed by atoms with E-state index >= 15 is 0 Å². The second kappa shape index (κ2) is 7.12. The van der Waals surface area contributed by atoms with Crippen LogP contribution in [0.4, 0.5) is 0 Å².